The summed E-state index contributed by atoms with van der Waals surface area (Å²) in [6, 6.07) is 9.20. The minimum atomic E-state index is -0.0705. The molecular formula is C12H15N3O. The van der Waals surface area contributed by atoms with Crippen molar-refractivity contribution in [3.63, 3.8) is 0 Å². The maximum Gasteiger partial charge on any atom is 0.253 e. The Hall–Kier alpha value is -1.86. The predicted molar refractivity (Wildman–Crippen MR) is 61.5 cm³/mol. The molecule has 0 radical (unpaired) electrons. The van der Waals surface area contributed by atoms with Gasteiger partial charge < -0.3 is 10.6 Å². The van der Waals surface area contributed by atoms with Gasteiger partial charge in [-0.2, -0.15) is 5.26 Å². The lowest BCUT2D eigenvalue weighted by Gasteiger charge is -2.15. The Balaban J connectivity index is 2.69. The zero-order chi connectivity index (χ0) is 12.0. The van der Waals surface area contributed by atoms with Crippen molar-refractivity contribution in [2.24, 2.45) is 5.73 Å². The predicted octanol–water partition coefficient (Wildman–Crippen LogP) is 1.13. The molecule has 0 heterocycles. The van der Waals surface area contributed by atoms with E-state index in [0.717, 1.165) is 5.56 Å². The summed E-state index contributed by atoms with van der Waals surface area (Å²) >= 11 is 0. The minimum absolute atomic E-state index is 0.0705. The third kappa shape index (κ3) is 3.07. The van der Waals surface area contributed by atoms with E-state index in [1.807, 2.05) is 18.2 Å². The Morgan fingerprint density at radius 2 is 2.06 bits per heavy atom. The van der Waals surface area contributed by atoms with E-state index >= 15 is 0 Å². The molecule has 0 bridgehead atoms. The Kier molecular flexibility index (Phi) is 4.49. The number of carbonyl (C=O) groups excluding carboxylic acids is 1. The molecule has 16 heavy (non-hydrogen) atoms. The molecule has 0 aromatic heterocycles. The van der Waals surface area contributed by atoms with E-state index < -0.39 is 0 Å². The summed E-state index contributed by atoms with van der Waals surface area (Å²) < 4.78 is 0. The highest BCUT2D eigenvalue weighted by Gasteiger charge is 2.10. The molecule has 0 unspecified atom stereocenters. The van der Waals surface area contributed by atoms with E-state index in [4.69, 9.17) is 11.0 Å². The molecule has 4 heteroatoms. The molecule has 1 rings (SSSR count). The fourth-order valence-electron chi connectivity index (χ4n) is 1.32. The van der Waals surface area contributed by atoms with Crippen molar-refractivity contribution in [3.8, 4) is 6.07 Å². The number of benzene rings is 1. The first-order valence-electron chi connectivity index (χ1n) is 5.10. The maximum atomic E-state index is 11.8. The first-order valence-corrected chi connectivity index (χ1v) is 5.10. The second-order valence-electron chi connectivity index (χ2n) is 3.54. The van der Waals surface area contributed by atoms with Crippen molar-refractivity contribution in [3.05, 3.63) is 35.4 Å². The van der Waals surface area contributed by atoms with Gasteiger partial charge in [-0.3, -0.25) is 4.79 Å². The van der Waals surface area contributed by atoms with Crippen molar-refractivity contribution in [2.75, 3.05) is 13.6 Å². The van der Waals surface area contributed by atoms with Gasteiger partial charge in [0.05, 0.1) is 12.5 Å². The largest absolute Gasteiger partial charge is 0.341 e. The van der Waals surface area contributed by atoms with E-state index in [9.17, 15) is 4.79 Å². The summed E-state index contributed by atoms with van der Waals surface area (Å²) in [6.45, 7) is 0.923. The average Bonchev–Trinajstić information content (AvgIpc) is 2.35. The molecule has 0 aliphatic rings. The zero-order valence-electron chi connectivity index (χ0n) is 9.31. The molecule has 0 saturated carbocycles. The monoisotopic (exact) mass is 217 g/mol. The van der Waals surface area contributed by atoms with Gasteiger partial charge in [-0.25, -0.2) is 0 Å². The van der Waals surface area contributed by atoms with Crippen LogP contribution in [0.25, 0.3) is 0 Å². The summed E-state index contributed by atoms with van der Waals surface area (Å²) in [5.41, 5.74) is 7.09. The van der Waals surface area contributed by atoms with Crippen molar-refractivity contribution >= 4 is 5.91 Å². The van der Waals surface area contributed by atoms with Crippen LogP contribution in [0.1, 0.15) is 22.3 Å². The molecule has 84 valence electrons. The van der Waals surface area contributed by atoms with Crippen LogP contribution in [0, 0.1) is 11.3 Å². The molecule has 0 saturated heterocycles. The molecule has 1 aromatic rings. The van der Waals surface area contributed by atoms with Crippen molar-refractivity contribution in [1.82, 2.24) is 4.90 Å². The Morgan fingerprint density at radius 3 is 2.56 bits per heavy atom. The lowest BCUT2D eigenvalue weighted by Crippen LogP contribution is -2.27. The van der Waals surface area contributed by atoms with E-state index in [1.54, 1.807) is 24.1 Å². The highest BCUT2D eigenvalue weighted by atomic mass is 16.2. The normalized spacial score (nSPS) is 9.56. The number of nitrogens with two attached hydrogens (primary N) is 1. The SMILES string of the molecule is CN(CCC#N)C(=O)c1ccc(CN)cc1. The third-order valence-corrected chi connectivity index (χ3v) is 2.34. The first-order chi connectivity index (χ1) is 7.69. The number of rotatable bonds is 4. The average molecular weight is 217 g/mol. The topological polar surface area (TPSA) is 70.1 Å². The van der Waals surface area contributed by atoms with Gasteiger partial charge in [0.1, 0.15) is 0 Å². The maximum absolute atomic E-state index is 11.8. The van der Waals surface area contributed by atoms with Gasteiger partial charge in [0.2, 0.25) is 0 Å². The van der Waals surface area contributed by atoms with Crippen LogP contribution in [-0.2, 0) is 6.54 Å². The molecule has 0 spiro atoms. The van der Waals surface area contributed by atoms with Gasteiger partial charge in [-0.05, 0) is 17.7 Å². The zero-order valence-corrected chi connectivity index (χ0v) is 9.31. The molecule has 1 aromatic carbocycles. The highest BCUT2D eigenvalue weighted by Crippen LogP contribution is 2.06. The van der Waals surface area contributed by atoms with Gasteiger partial charge >= 0.3 is 0 Å². The Bertz CT molecular complexity index is 392. The second kappa shape index (κ2) is 5.89. The van der Waals surface area contributed by atoms with Crippen LogP contribution in [0.15, 0.2) is 24.3 Å². The Morgan fingerprint density at radius 1 is 1.44 bits per heavy atom. The fourth-order valence-corrected chi connectivity index (χ4v) is 1.32. The van der Waals surface area contributed by atoms with Crippen LogP contribution >= 0.6 is 0 Å². The molecule has 0 aliphatic carbocycles. The van der Waals surface area contributed by atoms with Gasteiger partial charge in [0.15, 0.2) is 0 Å². The molecule has 2 N–H and O–H groups in total. The fraction of sp³-hybridized carbons (Fsp3) is 0.333. The van der Waals surface area contributed by atoms with Gasteiger partial charge in [-0.15, -0.1) is 0 Å². The number of nitriles is 1. The van der Waals surface area contributed by atoms with E-state index in [-0.39, 0.29) is 5.91 Å². The summed E-state index contributed by atoms with van der Waals surface area (Å²) in [5.74, 6) is -0.0705. The van der Waals surface area contributed by atoms with E-state index in [0.29, 0.717) is 25.1 Å². The summed E-state index contributed by atoms with van der Waals surface area (Å²) in [7, 11) is 1.69. The Labute approximate surface area is 95.3 Å². The van der Waals surface area contributed by atoms with E-state index in [1.165, 1.54) is 0 Å². The number of hydrogen-bond donors (Lipinski definition) is 1. The van der Waals surface area contributed by atoms with Gasteiger partial charge in [0, 0.05) is 25.7 Å². The first kappa shape index (κ1) is 12.2. The summed E-state index contributed by atoms with van der Waals surface area (Å²) in [6.07, 6.45) is 0.350. The second-order valence-corrected chi connectivity index (χ2v) is 3.54. The number of nitrogens with zero attached hydrogens (tertiary/aromatic N) is 2. The lowest BCUT2D eigenvalue weighted by atomic mass is 10.1. The van der Waals surface area contributed by atoms with E-state index in [2.05, 4.69) is 0 Å². The van der Waals surface area contributed by atoms with Crippen LogP contribution in [-0.4, -0.2) is 24.4 Å². The van der Waals surface area contributed by atoms with Gasteiger partial charge in [-0.1, -0.05) is 12.1 Å². The van der Waals surface area contributed by atoms with Crippen LogP contribution < -0.4 is 5.73 Å². The number of amides is 1. The molecule has 1 amide bonds. The molecule has 0 fully saturated rings. The minimum Gasteiger partial charge on any atom is -0.341 e. The van der Waals surface area contributed by atoms with Crippen LogP contribution in [0.5, 0.6) is 0 Å². The highest BCUT2D eigenvalue weighted by molar-refractivity contribution is 5.94. The van der Waals surface area contributed by atoms with Crippen LogP contribution in [0.4, 0.5) is 0 Å². The standard InChI is InChI=1S/C12H15N3O/c1-15(8-2-7-13)12(16)11-5-3-10(9-14)4-6-11/h3-6H,2,8-9,14H2,1H3. The molecule has 0 aliphatic heterocycles. The van der Waals surface area contributed by atoms with Gasteiger partial charge in [0.25, 0.3) is 5.91 Å². The van der Waals surface area contributed by atoms with Crippen LogP contribution in [0.2, 0.25) is 0 Å². The number of carbonyl (C=O) groups is 1. The van der Waals surface area contributed by atoms with Crippen LogP contribution in [0.3, 0.4) is 0 Å². The van der Waals surface area contributed by atoms with Crippen molar-refractivity contribution in [1.29, 1.82) is 5.26 Å². The molecule has 0 atom stereocenters. The third-order valence-electron chi connectivity index (χ3n) is 2.34. The molecular weight excluding hydrogens is 202 g/mol. The smallest absolute Gasteiger partial charge is 0.253 e. The quantitative estimate of drug-likeness (QED) is 0.821. The van der Waals surface area contributed by atoms with Crippen molar-refractivity contribution < 1.29 is 4.79 Å². The number of hydrogen-bond acceptors (Lipinski definition) is 3. The summed E-state index contributed by atoms with van der Waals surface area (Å²) in [5, 5.41) is 8.43. The summed E-state index contributed by atoms with van der Waals surface area (Å²) in [4.78, 5) is 13.4. The van der Waals surface area contributed by atoms with Crippen molar-refractivity contribution in [2.45, 2.75) is 13.0 Å². The lowest BCUT2D eigenvalue weighted by molar-refractivity contribution is 0.0798. The molecule has 4 nitrogen and oxygen atoms in total.